The molecule has 0 bridgehead atoms. The van der Waals surface area contributed by atoms with E-state index < -0.39 is 5.97 Å². The lowest BCUT2D eigenvalue weighted by Crippen LogP contribution is -2.06. The number of thiophene rings is 1. The van der Waals surface area contributed by atoms with Gasteiger partial charge in [0, 0.05) is 5.56 Å². The predicted octanol–water partition coefficient (Wildman–Crippen LogP) is 2.89. The molecule has 2 aromatic heterocycles. The zero-order valence-corrected chi connectivity index (χ0v) is 9.84. The van der Waals surface area contributed by atoms with Crippen LogP contribution < -0.4 is 0 Å². The summed E-state index contributed by atoms with van der Waals surface area (Å²) >= 11 is 1.54. The van der Waals surface area contributed by atoms with E-state index in [-0.39, 0.29) is 5.69 Å². The molecule has 0 amide bonds. The molecule has 0 aromatic carbocycles. The van der Waals surface area contributed by atoms with Crippen LogP contribution in [0.3, 0.4) is 0 Å². The summed E-state index contributed by atoms with van der Waals surface area (Å²) in [5.74, 6) is 0.199. The number of carbonyl (C=O) groups is 1. The van der Waals surface area contributed by atoms with Crippen LogP contribution in [0.25, 0.3) is 10.6 Å². The molecule has 2 rings (SSSR count). The lowest BCUT2D eigenvalue weighted by atomic mass is 10.2. The molecule has 0 radical (unpaired) electrons. The molecule has 2 heterocycles. The number of nitrogens with zero attached hydrogens (tertiary/aromatic N) is 1. The van der Waals surface area contributed by atoms with Gasteiger partial charge in [0.05, 0.1) is 11.5 Å². The number of ether oxygens (including phenoxy) is 1. The second-order valence-electron chi connectivity index (χ2n) is 3.18. The molecule has 2 aromatic rings. The van der Waals surface area contributed by atoms with E-state index in [1.54, 1.807) is 25.2 Å². The molecule has 0 unspecified atom stereocenters. The van der Waals surface area contributed by atoms with Gasteiger partial charge in [-0.3, -0.25) is 0 Å². The Morgan fingerprint density at radius 3 is 3.06 bits per heavy atom. The Labute approximate surface area is 96.8 Å². The Bertz CT molecular complexity index is 487. The monoisotopic (exact) mass is 237 g/mol. The summed E-state index contributed by atoms with van der Waals surface area (Å²) in [7, 11) is 0. The highest BCUT2D eigenvalue weighted by Gasteiger charge is 2.20. The highest BCUT2D eigenvalue weighted by Crippen LogP contribution is 2.29. The van der Waals surface area contributed by atoms with Crippen molar-refractivity contribution in [2.75, 3.05) is 6.61 Å². The Morgan fingerprint density at radius 2 is 2.44 bits per heavy atom. The van der Waals surface area contributed by atoms with E-state index in [1.165, 1.54) is 0 Å². The van der Waals surface area contributed by atoms with E-state index in [4.69, 9.17) is 9.26 Å². The van der Waals surface area contributed by atoms with Gasteiger partial charge in [-0.25, -0.2) is 4.79 Å². The maximum absolute atomic E-state index is 11.5. The standard InChI is InChI=1S/C11H11NO3S/c1-3-14-11(13)9-7(2)10(15-12-9)8-5-4-6-16-8/h4-6H,3H2,1-2H3. The average Bonchev–Trinajstić information content (AvgIpc) is 2.86. The Hall–Kier alpha value is -1.62. The van der Waals surface area contributed by atoms with Crippen molar-refractivity contribution in [3.8, 4) is 10.6 Å². The van der Waals surface area contributed by atoms with Gasteiger partial charge in [0.2, 0.25) is 0 Å². The maximum atomic E-state index is 11.5. The Balaban J connectivity index is 2.35. The van der Waals surface area contributed by atoms with Crippen LogP contribution in [0.1, 0.15) is 23.0 Å². The SMILES string of the molecule is CCOC(=O)c1noc(-c2cccs2)c1C. The molecule has 0 spiro atoms. The molecular weight excluding hydrogens is 226 g/mol. The van der Waals surface area contributed by atoms with Gasteiger partial charge in [-0.05, 0) is 25.3 Å². The quantitative estimate of drug-likeness (QED) is 0.770. The normalized spacial score (nSPS) is 10.4. The fourth-order valence-corrected chi connectivity index (χ4v) is 2.12. The van der Waals surface area contributed by atoms with E-state index in [9.17, 15) is 4.79 Å². The van der Waals surface area contributed by atoms with Crippen LogP contribution in [-0.4, -0.2) is 17.7 Å². The number of rotatable bonds is 3. The first-order valence-electron chi connectivity index (χ1n) is 4.91. The molecule has 84 valence electrons. The summed E-state index contributed by atoms with van der Waals surface area (Å²) in [6.45, 7) is 3.89. The van der Waals surface area contributed by atoms with Crippen LogP contribution in [0.15, 0.2) is 22.0 Å². The minimum atomic E-state index is -0.438. The van der Waals surface area contributed by atoms with E-state index in [0.717, 1.165) is 10.4 Å². The number of aromatic nitrogens is 1. The maximum Gasteiger partial charge on any atom is 0.360 e. The Morgan fingerprint density at radius 1 is 1.62 bits per heavy atom. The van der Waals surface area contributed by atoms with Crippen LogP contribution in [0.4, 0.5) is 0 Å². The zero-order valence-electron chi connectivity index (χ0n) is 9.02. The fraction of sp³-hybridized carbons (Fsp3) is 0.273. The van der Waals surface area contributed by atoms with E-state index in [2.05, 4.69) is 5.16 Å². The molecule has 0 aliphatic heterocycles. The predicted molar refractivity (Wildman–Crippen MR) is 60.5 cm³/mol. The van der Waals surface area contributed by atoms with Gasteiger partial charge < -0.3 is 9.26 Å². The van der Waals surface area contributed by atoms with Crippen molar-refractivity contribution >= 4 is 17.3 Å². The molecule has 0 saturated carbocycles. The largest absolute Gasteiger partial charge is 0.461 e. The smallest absolute Gasteiger partial charge is 0.360 e. The molecule has 0 aliphatic carbocycles. The molecular formula is C11H11NO3S. The van der Waals surface area contributed by atoms with Crippen LogP contribution in [-0.2, 0) is 4.74 Å². The van der Waals surface area contributed by atoms with Gasteiger partial charge >= 0.3 is 5.97 Å². The van der Waals surface area contributed by atoms with Crippen molar-refractivity contribution in [1.29, 1.82) is 0 Å². The van der Waals surface area contributed by atoms with Crippen molar-refractivity contribution in [1.82, 2.24) is 5.16 Å². The van der Waals surface area contributed by atoms with E-state index in [0.29, 0.717) is 12.4 Å². The van der Waals surface area contributed by atoms with Crippen LogP contribution in [0, 0.1) is 6.92 Å². The highest BCUT2D eigenvalue weighted by molar-refractivity contribution is 7.13. The van der Waals surface area contributed by atoms with E-state index >= 15 is 0 Å². The van der Waals surface area contributed by atoms with Gasteiger partial charge in [-0.15, -0.1) is 11.3 Å². The molecule has 4 nitrogen and oxygen atoms in total. The highest BCUT2D eigenvalue weighted by atomic mass is 32.1. The number of hydrogen-bond donors (Lipinski definition) is 0. The van der Waals surface area contributed by atoms with Gasteiger partial charge in [0.15, 0.2) is 11.5 Å². The lowest BCUT2D eigenvalue weighted by Gasteiger charge is -1.97. The first-order chi connectivity index (χ1) is 7.74. The van der Waals surface area contributed by atoms with Crippen molar-refractivity contribution in [2.45, 2.75) is 13.8 Å². The summed E-state index contributed by atoms with van der Waals surface area (Å²) in [6.07, 6.45) is 0. The number of esters is 1. The zero-order chi connectivity index (χ0) is 11.5. The van der Waals surface area contributed by atoms with Crippen LogP contribution >= 0.6 is 11.3 Å². The number of hydrogen-bond acceptors (Lipinski definition) is 5. The fourth-order valence-electron chi connectivity index (χ4n) is 1.36. The van der Waals surface area contributed by atoms with Gasteiger partial charge in [-0.1, -0.05) is 11.2 Å². The minimum Gasteiger partial charge on any atom is -0.461 e. The molecule has 0 atom stereocenters. The van der Waals surface area contributed by atoms with Gasteiger partial charge in [-0.2, -0.15) is 0 Å². The molecule has 0 aliphatic rings. The van der Waals surface area contributed by atoms with Gasteiger partial charge in [0.1, 0.15) is 0 Å². The average molecular weight is 237 g/mol. The van der Waals surface area contributed by atoms with Crippen LogP contribution in [0.5, 0.6) is 0 Å². The summed E-state index contributed by atoms with van der Waals surface area (Å²) in [6, 6.07) is 3.85. The summed E-state index contributed by atoms with van der Waals surface area (Å²) in [5, 5.41) is 5.69. The topological polar surface area (TPSA) is 52.3 Å². The third-order valence-corrected chi connectivity index (χ3v) is 3.01. The summed E-state index contributed by atoms with van der Waals surface area (Å²) < 4.78 is 10.0. The second kappa shape index (κ2) is 4.49. The van der Waals surface area contributed by atoms with Gasteiger partial charge in [0.25, 0.3) is 0 Å². The summed E-state index contributed by atoms with van der Waals surface area (Å²) in [5.41, 5.74) is 0.978. The molecule has 0 fully saturated rings. The van der Waals surface area contributed by atoms with Crippen molar-refractivity contribution in [3.05, 3.63) is 28.8 Å². The van der Waals surface area contributed by atoms with Crippen LogP contribution in [0.2, 0.25) is 0 Å². The minimum absolute atomic E-state index is 0.255. The van der Waals surface area contributed by atoms with Crippen molar-refractivity contribution in [2.24, 2.45) is 0 Å². The van der Waals surface area contributed by atoms with Crippen molar-refractivity contribution in [3.63, 3.8) is 0 Å². The lowest BCUT2D eigenvalue weighted by molar-refractivity contribution is 0.0514. The third kappa shape index (κ3) is 1.86. The van der Waals surface area contributed by atoms with Crippen molar-refractivity contribution < 1.29 is 14.1 Å². The Kier molecular flexibility index (Phi) is 3.05. The first kappa shape index (κ1) is 10.9. The molecule has 0 N–H and O–H groups in total. The van der Waals surface area contributed by atoms with E-state index in [1.807, 2.05) is 17.5 Å². The summed E-state index contributed by atoms with van der Waals surface area (Å²) in [4.78, 5) is 12.5. The molecule has 16 heavy (non-hydrogen) atoms. The molecule has 5 heteroatoms. The second-order valence-corrected chi connectivity index (χ2v) is 4.13. The first-order valence-corrected chi connectivity index (χ1v) is 5.79. The molecule has 0 saturated heterocycles. The number of carbonyl (C=O) groups excluding carboxylic acids is 1. The third-order valence-electron chi connectivity index (χ3n) is 2.14.